The van der Waals surface area contributed by atoms with Crippen molar-refractivity contribution in [3.63, 3.8) is 0 Å². The van der Waals surface area contributed by atoms with Gasteiger partial charge in [0.2, 0.25) is 0 Å². The smallest absolute Gasteiger partial charge is 0.131 e. The Bertz CT molecular complexity index is 753. The van der Waals surface area contributed by atoms with E-state index in [4.69, 9.17) is 9.47 Å². The number of aliphatic hydroxyl groups excluding tert-OH is 1. The SMILES string of the molecule is C=CC(C)(C)[C@@H](OC)c1cc(CO)ccc1-c1cc(OC)ccc1F. The molecule has 0 amide bonds. The molecule has 0 bridgehead atoms. The number of rotatable bonds is 7. The zero-order valence-electron chi connectivity index (χ0n) is 15.2. The molecule has 0 aromatic heterocycles. The van der Waals surface area contributed by atoms with Crippen molar-refractivity contribution in [3.8, 4) is 16.9 Å². The average Bonchev–Trinajstić information content (AvgIpc) is 2.62. The van der Waals surface area contributed by atoms with Crippen LogP contribution in [-0.2, 0) is 11.3 Å². The van der Waals surface area contributed by atoms with Crippen molar-refractivity contribution < 1.29 is 19.0 Å². The average molecular weight is 344 g/mol. The van der Waals surface area contributed by atoms with Gasteiger partial charge in [0.1, 0.15) is 11.6 Å². The van der Waals surface area contributed by atoms with Gasteiger partial charge in [0.15, 0.2) is 0 Å². The Morgan fingerprint density at radius 1 is 1.16 bits per heavy atom. The summed E-state index contributed by atoms with van der Waals surface area (Å²) in [6.45, 7) is 7.81. The van der Waals surface area contributed by atoms with Gasteiger partial charge in [-0.05, 0) is 34.9 Å². The van der Waals surface area contributed by atoms with E-state index in [0.29, 0.717) is 16.9 Å². The fourth-order valence-corrected chi connectivity index (χ4v) is 2.95. The number of halogens is 1. The molecule has 0 spiro atoms. The molecule has 2 aromatic rings. The Balaban J connectivity index is 2.73. The van der Waals surface area contributed by atoms with Gasteiger partial charge in [-0.2, -0.15) is 0 Å². The number of hydrogen-bond donors (Lipinski definition) is 1. The standard InChI is InChI=1S/C21H25FO3/c1-6-21(2,3)20(25-5)18-11-14(13-23)7-9-16(18)17-12-15(24-4)8-10-19(17)22/h6-12,20,23H,1,13H2,2-5H3/t20-/m0/s1. The summed E-state index contributed by atoms with van der Waals surface area (Å²) in [7, 11) is 3.17. The molecule has 0 unspecified atom stereocenters. The molecule has 2 rings (SSSR count). The van der Waals surface area contributed by atoms with Crippen molar-refractivity contribution >= 4 is 0 Å². The van der Waals surface area contributed by atoms with Crippen LogP contribution < -0.4 is 4.74 Å². The molecular weight excluding hydrogens is 319 g/mol. The van der Waals surface area contributed by atoms with E-state index in [-0.39, 0.29) is 23.9 Å². The van der Waals surface area contributed by atoms with E-state index in [0.717, 1.165) is 11.1 Å². The van der Waals surface area contributed by atoms with Crippen LogP contribution in [0.5, 0.6) is 5.75 Å². The van der Waals surface area contributed by atoms with Crippen molar-refractivity contribution in [2.75, 3.05) is 14.2 Å². The van der Waals surface area contributed by atoms with Crippen LogP contribution in [0.2, 0.25) is 0 Å². The van der Waals surface area contributed by atoms with Crippen LogP contribution in [0.4, 0.5) is 4.39 Å². The molecular formula is C21H25FO3. The van der Waals surface area contributed by atoms with Crippen LogP contribution in [0.1, 0.15) is 31.1 Å². The van der Waals surface area contributed by atoms with Gasteiger partial charge >= 0.3 is 0 Å². The Labute approximate surface area is 148 Å². The van der Waals surface area contributed by atoms with Crippen LogP contribution in [0.3, 0.4) is 0 Å². The number of ether oxygens (including phenoxy) is 2. The van der Waals surface area contributed by atoms with Gasteiger partial charge < -0.3 is 14.6 Å². The Morgan fingerprint density at radius 2 is 1.88 bits per heavy atom. The lowest BCUT2D eigenvalue weighted by Gasteiger charge is -2.32. The molecule has 4 heteroatoms. The second kappa shape index (κ2) is 7.81. The van der Waals surface area contributed by atoms with Crippen LogP contribution >= 0.6 is 0 Å². The molecule has 0 radical (unpaired) electrons. The summed E-state index contributed by atoms with van der Waals surface area (Å²) in [4.78, 5) is 0. The zero-order chi connectivity index (χ0) is 18.6. The summed E-state index contributed by atoms with van der Waals surface area (Å²) in [6, 6.07) is 10.1. The summed E-state index contributed by atoms with van der Waals surface area (Å²) < 4.78 is 25.5. The highest BCUT2D eigenvalue weighted by molar-refractivity contribution is 5.70. The van der Waals surface area contributed by atoms with E-state index < -0.39 is 0 Å². The van der Waals surface area contributed by atoms with Gasteiger partial charge in [0.05, 0.1) is 19.8 Å². The van der Waals surface area contributed by atoms with Crippen molar-refractivity contribution in [3.05, 3.63) is 66.0 Å². The third-order valence-corrected chi connectivity index (χ3v) is 4.48. The lowest BCUT2D eigenvalue weighted by molar-refractivity contribution is 0.0306. The van der Waals surface area contributed by atoms with Gasteiger partial charge in [-0.1, -0.05) is 38.1 Å². The quantitative estimate of drug-likeness (QED) is 0.727. The third kappa shape index (κ3) is 3.91. The molecule has 0 aliphatic carbocycles. The highest BCUT2D eigenvalue weighted by atomic mass is 19.1. The molecule has 3 nitrogen and oxygen atoms in total. The Hall–Kier alpha value is -2.17. The fraction of sp³-hybridized carbons (Fsp3) is 0.333. The lowest BCUT2D eigenvalue weighted by Crippen LogP contribution is -2.22. The molecule has 0 saturated heterocycles. The number of methoxy groups -OCH3 is 2. The van der Waals surface area contributed by atoms with Gasteiger partial charge in [0, 0.05) is 18.1 Å². The minimum Gasteiger partial charge on any atom is -0.497 e. The zero-order valence-corrected chi connectivity index (χ0v) is 15.2. The molecule has 2 aromatic carbocycles. The minimum absolute atomic E-state index is 0.0984. The monoisotopic (exact) mass is 344 g/mol. The lowest BCUT2D eigenvalue weighted by atomic mass is 9.79. The van der Waals surface area contributed by atoms with E-state index in [2.05, 4.69) is 6.58 Å². The molecule has 25 heavy (non-hydrogen) atoms. The molecule has 134 valence electrons. The van der Waals surface area contributed by atoms with Crippen molar-refractivity contribution in [2.24, 2.45) is 5.41 Å². The molecule has 0 fully saturated rings. The van der Waals surface area contributed by atoms with E-state index in [1.54, 1.807) is 32.4 Å². The predicted molar refractivity (Wildman–Crippen MR) is 98.0 cm³/mol. The number of aliphatic hydroxyl groups is 1. The minimum atomic E-state index is -0.382. The fourth-order valence-electron chi connectivity index (χ4n) is 2.95. The van der Waals surface area contributed by atoms with Gasteiger partial charge in [-0.25, -0.2) is 4.39 Å². The first-order valence-electron chi connectivity index (χ1n) is 8.12. The van der Waals surface area contributed by atoms with E-state index in [9.17, 15) is 9.50 Å². The second-order valence-corrected chi connectivity index (χ2v) is 6.57. The Morgan fingerprint density at radius 3 is 2.44 bits per heavy atom. The summed E-state index contributed by atoms with van der Waals surface area (Å²) in [6.07, 6.45) is 1.47. The maximum absolute atomic E-state index is 14.5. The summed E-state index contributed by atoms with van der Waals surface area (Å²) in [5.41, 5.74) is 2.29. The molecule has 0 saturated carbocycles. The topological polar surface area (TPSA) is 38.7 Å². The first-order valence-corrected chi connectivity index (χ1v) is 8.12. The van der Waals surface area contributed by atoms with Gasteiger partial charge in [0.25, 0.3) is 0 Å². The summed E-state index contributed by atoms with van der Waals surface area (Å²) in [5, 5.41) is 9.52. The maximum atomic E-state index is 14.5. The van der Waals surface area contributed by atoms with Crippen molar-refractivity contribution in [1.82, 2.24) is 0 Å². The van der Waals surface area contributed by atoms with Crippen LogP contribution in [0, 0.1) is 11.2 Å². The maximum Gasteiger partial charge on any atom is 0.131 e. The molecule has 0 aliphatic rings. The summed E-state index contributed by atoms with van der Waals surface area (Å²) >= 11 is 0. The highest BCUT2D eigenvalue weighted by Gasteiger charge is 2.31. The summed E-state index contributed by atoms with van der Waals surface area (Å²) in [5.74, 6) is 0.232. The molecule has 0 aliphatic heterocycles. The largest absolute Gasteiger partial charge is 0.497 e. The van der Waals surface area contributed by atoms with Crippen LogP contribution in [0.15, 0.2) is 49.1 Å². The number of benzene rings is 2. The number of hydrogen-bond acceptors (Lipinski definition) is 3. The predicted octanol–water partition coefficient (Wildman–Crippen LogP) is 4.89. The van der Waals surface area contributed by atoms with E-state index in [1.165, 1.54) is 6.07 Å². The van der Waals surface area contributed by atoms with Crippen molar-refractivity contribution in [1.29, 1.82) is 0 Å². The van der Waals surface area contributed by atoms with Crippen LogP contribution in [-0.4, -0.2) is 19.3 Å². The molecule has 1 N–H and O–H groups in total. The highest BCUT2D eigenvalue weighted by Crippen LogP contribution is 2.42. The first kappa shape index (κ1) is 19.2. The van der Waals surface area contributed by atoms with Gasteiger partial charge in [-0.15, -0.1) is 6.58 Å². The van der Waals surface area contributed by atoms with Gasteiger partial charge in [-0.3, -0.25) is 0 Å². The van der Waals surface area contributed by atoms with E-state index >= 15 is 0 Å². The Kier molecular flexibility index (Phi) is 5.98. The first-order chi connectivity index (χ1) is 11.9. The third-order valence-electron chi connectivity index (χ3n) is 4.48. The molecule has 0 heterocycles. The van der Waals surface area contributed by atoms with E-state index in [1.807, 2.05) is 32.1 Å². The van der Waals surface area contributed by atoms with Crippen LogP contribution in [0.25, 0.3) is 11.1 Å². The second-order valence-electron chi connectivity index (χ2n) is 6.57. The normalized spacial score (nSPS) is 12.7. The molecule has 1 atom stereocenters. The van der Waals surface area contributed by atoms with Crippen molar-refractivity contribution in [2.45, 2.75) is 26.6 Å².